The molecule has 0 unspecified atom stereocenters. The number of hydrogen-bond donors (Lipinski definition) is 1. The van der Waals surface area contributed by atoms with E-state index in [4.69, 9.17) is 0 Å². The lowest BCUT2D eigenvalue weighted by Gasteiger charge is -2.06. The van der Waals surface area contributed by atoms with E-state index in [-0.39, 0.29) is 17.0 Å². The summed E-state index contributed by atoms with van der Waals surface area (Å²) in [6.45, 7) is 2.94. The molecule has 1 N–H and O–H groups in total. The first kappa shape index (κ1) is 17.6. The number of para-hydroxylation sites is 2. The van der Waals surface area contributed by atoms with E-state index in [2.05, 4.69) is 16.9 Å². The number of aromatic nitrogens is 2. The summed E-state index contributed by atoms with van der Waals surface area (Å²) in [5.74, 6) is 0.459. The maximum Gasteiger partial charge on any atom is 0.270 e. The first-order valence-electron chi connectivity index (χ1n) is 8.57. The quantitative estimate of drug-likeness (QED) is 0.291. The molecule has 0 aliphatic rings. The minimum Gasteiger partial charge on any atom is -0.507 e. The molecule has 1 aromatic heterocycles. The summed E-state index contributed by atoms with van der Waals surface area (Å²) in [7, 11) is 0. The first-order valence-corrected chi connectivity index (χ1v) is 8.57. The average Bonchev–Trinajstić information content (AvgIpc) is 2.99. The van der Waals surface area contributed by atoms with E-state index < -0.39 is 4.92 Å². The van der Waals surface area contributed by atoms with Crippen molar-refractivity contribution in [2.75, 3.05) is 0 Å². The Balaban J connectivity index is 1.97. The van der Waals surface area contributed by atoms with Crippen molar-refractivity contribution in [3.8, 4) is 5.75 Å². The number of non-ortho nitro benzene ring substituents is 1. The van der Waals surface area contributed by atoms with Crippen LogP contribution in [0.3, 0.4) is 0 Å². The number of rotatable bonds is 7. The van der Waals surface area contributed by atoms with Gasteiger partial charge in [0.1, 0.15) is 5.75 Å². The van der Waals surface area contributed by atoms with Crippen LogP contribution in [-0.2, 0) is 6.54 Å². The van der Waals surface area contributed by atoms with Gasteiger partial charge in [0.15, 0.2) is 0 Å². The molecule has 0 bridgehead atoms. The molecule has 2 aromatic carbocycles. The Hall–Kier alpha value is -3.22. The Labute approximate surface area is 150 Å². The predicted molar refractivity (Wildman–Crippen MR) is 101 cm³/mol. The van der Waals surface area contributed by atoms with Crippen LogP contribution in [0.25, 0.3) is 11.0 Å². The molecule has 1 heterocycles. The molecule has 0 radical (unpaired) electrons. The van der Waals surface area contributed by atoms with Crippen molar-refractivity contribution in [1.29, 1.82) is 0 Å². The summed E-state index contributed by atoms with van der Waals surface area (Å²) in [5.41, 5.74) is 2.03. The van der Waals surface area contributed by atoms with Crippen molar-refractivity contribution >= 4 is 28.9 Å². The first-order chi connectivity index (χ1) is 12.6. The number of nitro benzene ring substituents is 1. The number of nitrogens with zero attached hydrogens (tertiary/aromatic N) is 4. The second-order valence-corrected chi connectivity index (χ2v) is 6.02. The van der Waals surface area contributed by atoms with Gasteiger partial charge in [0.05, 0.1) is 16.0 Å². The fraction of sp³-hybridized carbons (Fsp3) is 0.263. The van der Waals surface area contributed by atoms with Crippen molar-refractivity contribution in [3.05, 3.63) is 58.1 Å². The largest absolute Gasteiger partial charge is 0.507 e. The zero-order valence-electron chi connectivity index (χ0n) is 14.5. The fourth-order valence-electron chi connectivity index (χ4n) is 2.79. The summed E-state index contributed by atoms with van der Waals surface area (Å²) in [6.07, 6.45) is 4.66. The third-order valence-corrected chi connectivity index (χ3v) is 4.16. The number of unbranched alkanes of at least 4 members (excludes halogenated alkanes) is 2. The molecular formula is C19H20N4O3. The number of nitro groups is 1. The third kappa shape index (κ3) is 3.72. The molecule has 134 valence electrons. The predicted octanol–water partition coefficient (Wildman–Crippen LogP) is 4.59. The van der Waals surface area contributed by atoms with E-state index in [1.54, 1.807) is 0 Å². The Kier molecular flexibility index (Phi) is 5.26. The number of benzene rings is 2. The molecule has 0 aliphatic heterocycles. The van der Waals surface area contributed by atoms with Gasteiger partial charge in [-0.3, -0.25) is 10.1 Å². The van der Waals surface area contributed by atoms with Gasteiger partial charge in [-0.05, 0) is 24.6 Å². The SMILES string of the molecule is CCCCCn1c(/N=C/c2cc([N+](=O)[O-])ccc2O)nc2ccccc21. The summed E-state index contributed by atoms with van der Waals surface area (Å²) >= 11 is 0. The average molecular weight is 352 g/mol. The molecule has 0 aliphatic carbocycles. The summed E-state index contributed by atoms with van der Waals surface area (Å²) in [6, 6.07) is 11.7. The molecule has 0 fully saturated rings. The number of aliphatic imine (C=N–C) groups is 1. The molecule has 0 spiro atoms. The normalized spacial score (nSPS) is 11.4. The molecule has 7 heteroatoms. The van der Waals surface area contributed by atoms with Gasteiger partial charge < -0.3 is 9.67 Å². The van der Waals surface area contributed by atoms with Gasteiger partial charge in [0.25, 0.3) is 5.69 Å². The summed E-state index contributed by atoms with van der Waals surface area (Å²) in [4.78, 5) is 19.4. The molecule has 0 saturated carbocycles. The molecule has 3 rings (SSSR count). The Morgan fingerprint density at radius 3 is 2.85 bits per heavy atom. The zero-order valence-corrected chi connectivity index (χ0v) is 14.5. The van der Waals surface area contributed by atoms with Crippen LogP contribution >= 0.6 is 0 Å². The number of phenolic OH excluding ortho intramolecular Hbond substituents is 1. The Morgan fingerprint density at radius 2 is 2.08 bits per heavy atom. The van der Waals surface area contributed by atoms with E-state index in [1.165, 1.54) is 24.4 Å². The maximum atomic E-state index is 10.9. The smallest absolute Gasteiger partial charge is 0.270 e. The molecular weight excluding hydrogens is 332 g/mol. The molecule has 0 amide bonds. The highest BCUT2D eigenvalue weighted by molar-refractivity contribution is 5.87. The lowest BCUT2D eigenvalue weighted by molar-refractivity contribution is -0.384. The van der Waals surface area contributed by atoms with Crippen LogP contribution in [0.4, 0.5) is 11.6 Å². The monoisotopic (exact) mass is 352 g/mol. The van der Waals surface area contributed by atoms with E-state index in [1.807, 2.05) is 28.8 Å². The van der Waals surface area contributed by atoms with Crippen molar-refractivity contribution in [3.63, 3.8) is 0 Å². The van der Waals surface area contributed by atoms with Crippen LogP contribution in [-0.4, -0.2) is 25.8 Å². The lowest BCUT2D eigenvalue weighted by atomic mass is 10.2. The zero-order chi connectivity index (χ0) is 18.5. The summed E-state index contributed by atoms with van der Waals surface area (Å²) in [5, 5.41) is 20.9. The number of phenols is 1. The summed E-state index contributed by atoms with van der Waals surface area (Å²) < 4.78 is 2.04. The molecule has 0 atom stereocenters. The van der Waals surface area contributed by atoms with Gasteiger partial charge in [0.2, 0.25) is 5.95 Å². The van der Waals surface area contributed by atoms with E-state index >= 15 is 0 Å². The van der Waals surface area contributed by atoms with Gasteiger partial charge in [-0.1, -0.05) is 31.9 Å². The molecule has 26 heavy (non-hydrogen) atoms. The molecule has 3 aromatic rings. The van der Waals surface area contributed by atoms with Crippen LogP contribution < -0.4 is 0 Å². The second-order valence-electron chi connectivity index (χ2n) is 6.02. The van der Waals surface area contributed by atoms with Gasteiger partial charge in [0, 0.05) is 30.5 Å². The minimum atomic E-state index is -0.503. The Bertz CT molecular complexity index is 963. The van der Waals surface area contributed by atoms with Crippen molar-refractivity contribution in [1.82, 2.24) is 9.55 Å². The third-order valence-electron chi connectivity index (χ3n) is 4.16. The van der Waals surface area contributed by atoms with Gasteiger partial charge in [-0.25, -0.2) is 9.98 Å². The van der Waals surface area contributed by atoms with Crippen molar-refractivity contribution < 1.29 is 10.0 Å². The van der Waals surface area contributed by atoms with Gasteiger partial charge in [-0.2, -0.15) is 0 Å². The van der Waals surface area contributed by atoms with Crippen molar-refractivity contribution in [2.24, 2.45) is 4.99 Å². The number of aryl methyl sites for hydroxylation is 1. The number of aromatic hydroxyl groups is 1. The van der Waals surface area contributed by atoms with Crippen LogP contribution in [0.15, 0.2) is 47.5 Å². The van der Waals surface area contributed by atoms with Crippen LogP contribution in [0.1, 0.15) is 31.7 Å². The molecule has 7 nitrogen and oxygen atoms in total. The van der Waals surface area contributed by atoms with Crippen LogP contribution in [0, 0.1) is 10.1 Å². The maximum absolute atomic E-state index is 10.9. The van der Waals surface area contributed by atoms with E-state index in [9.17, 15) is 15.2 Å². The highest BCUT2D eigenvalue weighted by atomic mass is 16.6. The topological polar surface area (TPSA) is 93.5 Å². The standard InChI is InChI=1S/C19H20N4O3/c1-2-3-6-11-22-17-8-5-4-7-16(17)21-19(22)20-13-14-12-15(23(25)26)9-10-18(14)24/h4-5,7-10,12-13,24H,2-3,6,11H2,1H3/b20-13+. The highest BCUT2D eigenvalue weighted by Crippen LogP contribution is 2.25. The van der Waals surface area contributed by atoms with Gasteiger partial charge >= 0.3 is 0 Å². The number of hydrogen-bond acceptors (Lipinski definition) is 5. The van der Waals surface area contributed by atoms with Crippen molar-refractivity contribution in [2.45, 2.75) is 32.7 Å². The Morgan fingerprint density at radius 1 is 1.27 bits per heavy atom. The highest BCUT2D eigenvalue weighted by Gasteiger charge is 2.11. The number of fused-ring (bicyclic) bond motifs is 1. The lowest BCUT2D eigenvalue weighted by Crippen LogP contribution is -1.98. The fourth-order valence-corrected chi connectivity index (χ4v) is 2.79. The minimum absolute atomic E-state index is 0.0620. The van der Waals surface area contributed by atoms with E-state index in [0.29, 0.717) is 5.95 Å². The van der Waals surface area contributed by atoms with Crippen LogP contribution in [0.5, 0.6) is 5.75 Å². The second kappa shape index (κ2) is 7.77. The van der Waals surface area contributed by atoms with E-state index in [0.717, 1.165) is 36.8 Å². The number of imidazole rings is 1. The van der Waals surface area contributed by atoms with Crippen LogP contribution in [0.2, 0.25) is 0 Å². The van der Waals surface area contributed by atoms with Gasteiger partial charge in [-0.15, -0.1) is 0 Å². The molecule has 0 saturated heterocycles.